The van der Waals surface area contributed by atoms with Gasteiger partial charge in [0.1, 0.15) is 5.92 Å². The number of ketones is 1. The zero-order valence-electron chi connectivity index (χ0n) is 13.0. The molecule has 20 heavy (non-hydrogen) atoms. The highest BCUT2D eigenvalue weighted by molar-refractivity contribution is 6.17. The second-order valence-corrected chi connectivity index (χ2v) is 6.18. The molecule has 1 fully saturated rings. The molecule has 2 rings (SSSR count). The van der Waals surface area contributed by atoms with Crippen LogP contribution in [0.3, 0.4) is 0 Å². The molecular weight excluding hydrogens is 250 g/mol. The highest BCUT2D eigenvalue weighted by atomic mass is 16.2. The number of carbonyl (C=O) groups is 2. The summed E-state index contributed by atoms with van der Waals surface area (Å²) in [7, 11) is 0. The standard InChI is InChI=1S/C17H23NO2/c1-6-7-17(5)15(19)14(16(20)18-17)13-11(3)8-10(2)9-12(13)4/h8-9,14H,6-7H2,1-5H3,(H,18,20). The predicted molar refractivity (Wildman–Crippen MR) is 79.9 cm³/mol. The summed E-state index contributed by atoms with van der Waals surface area (Å²) in [4.78, 5) is 25.1. The first-order chi connectivity index (χ1) is 9.30. The zero-order valence-corrected chi connectivity index (χ0v) is 13.0. The number of aryl methyl sites for hydroxylation is 3. The molecule has 108 valence electrons. The van der Waals surface area contributed by atoms with Crippen LogP contribution in [-0.2, 0) is 9.59 Å². The average Bonchev–Trinajstić information content (AvgIpc) is 2.52. The SMILES string of the molecule is CCCC1(C)NC(=O)C(c2c(C)cc(C)cc2C)C1=O. The van der Waals surface area contributed by atoms with Crippen molar-refractivity contribution in [3.05, 3.63) is 34.4 Å². The number of rotatable bonds is 3. The van der Waals surface area contributed by atoms with Crippen molar-refractivity contribution in [2.24, 2.45) is 0 Å². The lowest BCUT2D eigenvalue weighted by Gasteiger charge is -2.22. The van der Waals surface area contributed by atoms with Crippen LogP contribution >= 0.6 is 0 Å². The van der Waals surface area contributed by atoms with E-state index in [0.29, 0.717) is 6.42 Å². The monoisotopic (exact) mass is 273 g/mol. The molecule has 1 heterocycles. The molecule has 3 nitrogen and oxygen atoms in total. The van der Waals surface area contributed by atoms with Crippen molar-refractivity contribution in [1.82, 2.24) is 5.32 Å². The van der Waals surface area contributed by atoms with Crippen LogP contribution in [-0.4, -0.2) is 17.2 Å². The van der Waals surface area contributed by atoms with E-state index >= 15 is 0 Å². The van der Waals surface area contributed by atoms with E-state index in [0.717, 1.165) is 28.7 Å². The second kappa shape index (κ2) is 5.04. The molecule has 0 aliphatic carbocycles. The van der Waals surface area contributed by atoms with Crippen LogP contribution in [0.15, 0.2) is 12.1 Å². The second-order valence-electron chi connectivity index (χ2n) is 6.18. The first kappa shape index (κ1) is 14.8. The van der Waals surface area contributed by atoms with Gasteiger partial charge >= 0.3 is 0 Å². The minimum Gasteiger partial charge on any atom is -0.343 e. The fourth-order valence-electron chi connectivity index (χ4n) is 3.44. The number of carbonyl (C=O) groups excluding carboxylic acids is 2. The van der Waals surface area contributed by atoms with Gasteiger partial charge in [0.25, 0.3) is 0 Å². The number of nitrogens with one attached hydrogen (secondary N) is 1. The van der Waals surface area contributed by atoms with Crippen LogP contribution < -0.4 is 5.32 Å². The Morgan fingerprint density at radius 2 is 1.70 bits per heavy atom. The third kappa shape index (κ3) is 2.26. The Bertz CT molecular complexity index is 553. The van der Waals surface area contributed by atoms with Crippen molar-refractivity contribution in [2.45, 2.75) is 58.9 Å². The normalized spacial score (nSPS) is 25.9. The fraction of sp³-hybridized carbons (Fsp3) is 0.529. The maximum absolute atomic E-state index is 12.7. The maximum atomic E-state index is 12.7. The maximum Gasteiger partial charge on any atom is 0.235 e. The molecule has 1 aromatic carbocycles. The van der Waals surface area contributed by atoms with Gasteiger partial charge in [-0.3, -0.25) is 9.59 Å². The van der Waals surface area contributed by atoms with E-state index in [9.17, 15) is 9.59 Å². The molecule has 0 bridgehead atoms. The molecule has 2 unspecified atom stereocenters. The number of amides is 1. The van der Waals surface area contributed by atoms with Crippen LogP contribution in [0.5, 0.6) is 0 Å². The van der Waals surface area contributed by atoms with E-state index in [4.69, 9.17) is 0 Å². The molecule has 1 aliphatic rings. The van der Waals surface area contributed by atoms with Gasteiger partial charge in [0.2, 0.25) is 5.91 Å². The Kier molecular flexibility index (Phi) is 3.72. The molecule has 1 amide bonds. The van der Waals surface area contributed by atoms with E-state index in [1.807, 2.05) is 46.8 Å². The highest BCUT2D eigenvalue weighted by Gasteiger charge is 2.50. The van der Waals surface area contributed by atoms with Crippen LogP contribution in [0, 0.1) is 20.8 Å². The van der Waals surface area contributed by atoms with E-state index in [1.54, 1.807) is 0 Å². The summed E-state index contributed by atoms with van der Waals surface area (Å²) in [5, 5.41) is 2.91. The van der Waals surface area contributed by atoms with Gasteiger partial charge in [-0.1, -0.05) is 31.0 Å². The Hall–Kier alpha value is -1.64. The summed E-state index contributed by atoms with van der Waals surface area (Å²) in [6.07, 6.45) is 1.57. The summed E-state index contributed by atoms with van der Waals surface area (Å²) < 4.78 is 0. The van der Waals surface area contributed by atoms with Crippen molar-refractivity contribution in [2.75, 3.05) is 0 Å². The van der Waals surface area contributed by atoms with Crippen molar-refractivity contribution < 1.29 is 9.59 Å². The minimum atomic E-state index is -0.708. The minimum absolute atomic E-state index is 0.0133. The first-order valence-corrected chi connectivity index (χ1v) is 7.24. The zero-order chi connectivity index (χ0) is 15.1. The van der Waals surface area contributed by atoms with E-state index < -0.39 is 11.5 Å². The number of hydrogen-bond acceptors (Lipinski definition) is 2. The molecule has 1 saturated heterocycles. The lowest BCUT2D eigenvalue weighted by atomic mass is 9.82. The summed E-state index contributed by atoms with van der Waals surface area (Å²) >= 11 is 0. The van der Waals surface area contributed by atoms with E-state index in [-0.39, 0.29) is 11.7 Å². The number of benzene rings is 1. The summed E-state index contributed by atoms with van der Waals surface area (Å²) in [6.45, 7) is 9.86. The summed E-state index contributed by atoms with van der Waals surface area (Å²) in [5.74, 6) is -0.785. The Labute approximate surface area is 120 Å². The fourth-order valence-corrected chi connectivity index (χ4v) is 3.44. The van der Waals surface area contributed by atoms with Crippen molar-refractivity contribution in [3.63, 3.8) is 0 Å². The van der Waals surface area contributed by atoms with Gasteiger partial charge in [0, 0.05) is 0 Å². The van der Waals surface area contributed by atoms with Gasteiger partial charge in [-0.05, 0) is 50.8 Å². The van der Waals surface area contributed by atoms with Crippen LogP contribution in [0.2, 0.25) is 0 Å². The molecular formula is C17H23NO2. The smallest absolute Gasteiger partial charge is 0.235 e. The topological polar surface area (TPSA) is 46.2 Å². The highest BCUT2D eigenvalue weighted by Crippen LogP contribution is 2.35. The molecule has 1 aromatic rings. The van der Waals surface area contributed by atoms with Gasteiger partial charge in [-0.25, -0.2) is 0 Å². The average molecular weight is 273 g/mol. The largest absolute Gasteiger partial charge is 0.343 e. The Balaban J connectivity index is 2.49. The molecule has 0 spiro atoms. The van der Waals surface area contributed by atoms with Crippen molar-refractivity contribution in [1.29, 1.82) is 0 Å². The lowest BCUT2D eigenvalue weighted by Crippen LogP contribution is -2.43. The van der Waals surface area contributed by atoms with Crippen LogP contribution in [0.1, 0.15) is 54.9 Å². The summed E-state index contributed by atoms with van der Waals surface area (Å²) in [6, 6.07) is 4.08. The van der Waals surface area contributed by atoms with Gasteiger partial charge < -0.3 is 5.32 Å². The number of Topliss-reactive ketones (excluding diaryl/α,β-unsaturated/α-hetero) is 1. The Morgan fingerprint density at radius 3 is 2.20 bits per heavy atom. The molecule has 3 heteroatoms. The van der Waals surface area contributed by atoms with E-state index in [1.165, 1.54) is 0 Å². The van der Waals surface area contributed by atoms with Gasteiger partial charge in [-0.15, -0.1) is 0 Å². The quantitative estimate of drug-likeness (QED) is 0.861. The van der Waals surface area contributed by atoms with Crippen molar-refractivity contribution >= 4 is 11.7 Å². The number of hydrogen-bond donors (Lipinski definition) is 1. The van der Waals surface area contributed by atoms with Crippen LogP contribution in [0.4, 0.5) is 0 Å². The first-order valence-electron chi connectivity index (χ1n) is 7.24. The third-order valence-electron chi connectivity index (χ3n) is 4.24. The van der Waals surface area contributed by atoms with Crippen LogP contribution in [0.25, 0.3) is 0 Å². The Morgan fingerprint density at radius 1 is 1.15 bits per heavy atom. The molecule has 2 atom stereocenters. The lowest BCUT2D eigenvalue weighted by molar-refractivity contribution is -0.125. The van der Waals surface area contributed by atoms with E-state index in [2.05, 4.69) is 5.32 Å². The predicted octanol–water partition coefficient (Wildman–Crippen LogP) is 2.95. The summed E-state index contributed by atoms with van der Waals surface area (Å²) in [5.41, 5.74) is 3.39. The third-order valence-corrected chi connectivity index (χ3v) is 4.24. The van der Waals surface area contributed by atoms with Crippen molar-refractivity contribution in [3.8, 4) is 0 Å². The molecule has 0 radical (unpaired) electrons. The van der Waals surface area contributed by atoms with Gasteiger partial charge in [0.15, 0.2) is 5.78 Å². The molecule has 1 N–H and O–H groups in total. The van der Waals surface area contributed by atoms with Gasteiger partial charge in [-0.2, -0.15) is 0 Å². The molecule has 1 aliphatic heterocycles. The molecule has 0 aromatic heterocycles. The van der Waals surface area contributed by atoms with Gasteiger partial charge in [0.05, 0.1) is 5.54 Å². The molecule has 0 saturated carbocycles.